The van der Waals surface area contributed by atoms with E-state index >= 15 is 0 Å². The average molecular weight is 451 g/mol. The number of benzene rings is 2. The number of hydrogen-bond acceptors (Lipinski definition) is 5. The van der Waals surface area contributed by atoms with E-state index in [1.54, 1.807) is 12.0 Å². The Morgan fingerprint density at radius 1 is 1.15 bits per heavy atom. The average Bonchev–Trinajstić information content (AvgIpc) is 3.48. The van der Waals surface area contributed by atoms with Crippen LogP contribution in [-0.4, -0.2) is 67.7 Å². The van der Waals surface area contributed by atoms with Crippen molar-refractivity contribution in [3.05, 3.63) is 59.2 Å². The zero-order valence-electron chi connectivity index (χ0n) is 19.0. The second kappa shape index (κ2) is 9.43. The maximum absolute atomic E-state index is 13.0. The first-order valence-corrected chi connectivity index (χ1v) is 11.7. The Morgan fingerprint density at radius 2 is 2.00 bits per heavy atom. The topological polar surface area (TPSA) is 68.3 Å². The Kier molecular flexibility index (Phi) is 6.22. The maximum Gasteiger partial charge on any atom is 0.242 e. The maximum atomic E-state index is 13.0. The lowest BCUT2D eigenvalue weighted by Gasteiger charge is -2.30. The number of hydrogen-bond donors (Lipinski definition) is 0. The fraction of sp³-hybridized carbons (Fsp3) is 0.462. The Labute approximate surface area is 194 Å². The zero-order chi connectivity index (χ0) is 22.8. The first-order chi connectivity index (χ1) is 16.1. The third-order valence-electron chi connectivity index (χ3n) is 6.86. The minimum atomic E-state index is 0.0125. The highest BCUT2D eigenvalue weighted by Gasteiger charge is 2.34. The lowest BCUT2D eigenvalue weighted by molar-refractivity contribution is -0.138. The van der Waals surface area contributed by atoms with Gasteiger partial charge in [-0.3, -0.25) is 9.59 Å². The summed E-state index contributed by atoms with van der Waals surface area (Å²) < 4.78 is 17.0. The fourth-order valence-corrected chi connectivity index (χ4v) is 4.94. The molecule has 7 nitrogen and oxygen atoms in total. The first-order valence-electron chi connectivity index (χ1n) is 11.7. The molecule has 0 spiro atoms. The van der Waals surface area contributed by atoms with E-state index in [-0.39, 0.29) is 30.4 Å². The Bertz CT molecular complexity index is 1030. The number of ether oxygens (including phenoxy) is 3. The molecule has 3 heterocycles. The van der Waals surface area contributed by atoms with Crippen LogP contribution in [-0.2, 0) is 27.3 Å². The predicted octanol–water partition coefficient (Wildman–Crippen LogP) is 2.76. The number of methoxy groups -OCH3 is 1. The SMILES string of the molecule is COc1ccc([C@@H]2CC(=O)N(CC(=O)N3CCc4ccccc4C3)C2)cc1O[C@@H]1CCOC1. The molecule has 2 atom stereocenters. The number of nitrogens with zero attached hydrogens (tertiary/aromatic N) is 2. The first kappa shape index (κ1) is 21.8. The molecule has 2 aromatic carbocycles. The van der Waals surface area contributed by atoms with Gasteiger partial charge in [-0.2, -0.15) is 0 Å². The van der Waals surface area contributed by atoms with Crippen molar-refractivity contribution in [1.82, 2.24) is 9.80 Å². The summed E-state index contributed by atoms with van der Waals surface area (Å²) in [6.07, 6.45) is 2.13. The molecule has 3 aliphatic rings. The molecule has 7 heteroatoms. The van der Waals surface area contributed by atoms with Gasteiger partial charge in [-0.25, -0.2) is 0 Å². The summed E-state index contributed by atoms with van der Waals surface area (Å²) in [7, 11) is 1.62. The monoisotopic (exact) mass is 450 g/mol. The van der Waals surface area contributed by atoms with Crippen molar-refractivity contribution in [1.29, 1.82) is 0 Å². The normalized spacial score (nSPS) is 22.4. The van der Waals surface area contributed by atoms with Crippen molar-refractivity contribution in [2.45, 2.75) is 37.8 Å². The van der Waals surface area contributed by atoms with Gasteiger partial charge in [0.15, 0.2) is 11.5 Å². The molecule has 2 fully saturated rings. The Balaban J connectivity index is 1.23. The molecule has 0 unspecified atom stereocenters. The fourth-order valence-electron chi connectivity index (χ4n) is 4.94. The number of rotatable bonds is 6. The van der Waals surface area contributed by atoms with E-state index in [9.17, 15) is 9.59 Å². The van der Waals surface area contributed by atoms with E-state index in [1.807, 2.05) is 35.2 Å². The molecule has 5 rings (SSSR count). The molecule has 33 heavy (non-hydrogen) atoms. The molecule has 2 saturated heterocycles. The second-order valence-corrected chi connectivity index (χ2v) is 9.02. The highest BCUT2D eigenvalue weighted by atomic mass is 16.6. The summed E-state index contributed by atoms with van der Waals surface area (Å²) in [5, 5.41) is 0. The summed E-state index contributed by atoms with van der Waals surface area (Å²) in [6.45, 7) is 3.27. The van der Waals surface area contributed by atoms with Crippen LogP contribution in [0.3, 0.4) is 0 Å². The van der Waals surface area contributed by atoms with E-state index in [1.165, 1.54) is 11.1 Å². The molecule has 0 N–H and O–H groups in total. The summed E-state index contributed by atoms with van der Waals surface area (Å²) in [5.74, 6) is 1.42. The van der Waals surface area contributed by atoms with Crippen LogP contribution in [0, 0.1) is 0 Å². The summed E-state index contributed by atoms with van der Waals surface area (Å²) in [6, 6.07) is 14.1. The van der Waals surface area contributed by atoms with Crippen molar-refractivity contribution < 1.29 is 23.8 Å². The Hall–Kier alpha value is -3.06. The molecule has 174 valence electrons. The number of carbonyl (C=O) groups excluding carboxylic acids is 2. The van der Waals surface area contributed by atoms with Gasteiger partial charge in [0, 0.05) is 38.4 Å². The standard InChI is InChI=1S/C26H30N2O5/c1-31-23-7-6-19(12-24(23)33-22-9-11-32-17-22)21-13-25(29)28(15-21)16-26(30)27-10-8-18-4-2-3-5-20(18)14-27/h2-7,12,21-22H,8-11,13-17H2,1H3/t21-,22-/m1/s1. The molecule has 0 bridgehead atoms. The molecule has 2 amide bonds. The third-order valence-corrected chi connectivity index (χ3v) is 6.86. The molecule has 3 aliphatic heterocycles. The van der Waals surface area contributed by atoms with Crippen molar-refractivity contribution in [3.63, 3.8) is 0 Å². The highest BCUT2D eigenvalue weighted by Crippen LogP contribution is 2.36. The van der Waals surface area contributed by atoms with Gasteiger partial charge in [-0.1, -0.05) is 30.3 Å². The van der Waals surface area contributed by atoms with E-state index in [0.717, 1.165) is 18.4 Å². The molecule has 0 radical (unpaired) electrons. The van der Waals surface area contributed by atoms with Gasteiger partial charge >= 0.3 is 0 Å². The molecule has 0 aromatic heterocycles. The van der Waals surface area contributed by atoms with Gasteiger partial charge in [-0.15, -0.1) is 0 Å². The van der Waals surface area contributed by atoms with Crippen LogP contribution in [0.2, 0.25) is 0 Å². The van der Waals surface area contributed by atoms with Gasteiger partial charge < -0.3 is 24.0 Å². The summed E-state index contributed by atoms with van der Waals surface area (Å²) in [4.78, 5) is 29.3. The zero-order valence-corrected chi connectivity index (χ0v) is 19.0. The minimum Gasteiger partial charge on any atom is -0.493 e. The van der Waals surface area contributed by atoms with Gasteiger partial charge in [0.2, 0.25) is 11.8 Å². The molecule has 0 aliphatic carbocycles. The van der Waals surface area contributed by atoms with Gasteiger partial charge in [0.1, 0.15) is 6.10 Å². The number of carbonyl (C=O) groups is 2. The van der Waals surface area contributed by atoms with Crippen LogP contribution < -0.4 is 9.47 Å². The van der Waals surface area contributed by atoms with Crippen molar-refractivity contribution in [2.75, 3.05) is 40.0 Å². The lowest BCUT2D eigenvalue weighted by atomic mass is 9.98. The van der Waals surface area contributed by atoms with Crippen LogP contribution in [0.15, 0.2) is 42.5 Å². The highest BCUT2D eigenvalue weighted by molar-refractivity contribution is 5.87. The minimum absolute atomic E-state index is 0.0125. The Morgan fingerprint density at radius 3 is 2.79 bits per heavy atom. The molecule has 0 saturated carbocycles. The number of amides is 2. The quantitative estimate of drug-likeness (QED) is 0.677. The molecule has 2 aromatic rings. The smallest absolute Gasteiger partial charge is 0.242 e. The van der Waals surface area contributed by atoms with Crippen LogP contribution >= 0.6 is 0 Å². The number of fused-ring (bicyclic) bond motifs is 1. The van der Waals surface area contributed by atoms with Crippen LogP contribution in [0.4, 0.5) is 0 Å². The largest absolute Gasteiger partial charge is 0.493 e. The van der Waals surface area contributed by atoms with E-state index in [2.05, 4.69) is 12.1 Å². The van der Waals surface area contributed by atoms with Crippen molar-refractivity contribution in [3.8, 4) is 11.5 Å². The molecular weight excluding hydrogens is 420 g/mol. The van der Waals surface area contributed by atoms with Crippen molar-refractivity contribution in [2.24, 2.45) is 0 Å². The van der Waals surface area contributed by atoms with E-state index in [0.29, 0.717) is 50.8 Å². The van der Waals surface area contributed by atoms with Gasteiger partial charge in [0.25, 0.3) is 0 Å². The summed E-state index contributed by atoms with van der Waals surface area (Å²) in [5.41, 5.74) is 3.53. The van der Waals surface area contributed by atoms with E-state index < -0.39 is 0 Å². The van der Waals surface area contributed by atoms with Crippen molar-refractivity contribution >= 4 is 11.8 Å². The van der Waals surface area contributed by atoms with Crippen LogP contribution in [0.5, 0.6) is 11.5 Å². The van der Waals surface area contributed by atoms with E-state index in [4.69, 9.17) is 14.2 Å². The second-order valence-electron chi connectivity index (χ2n) is 9.02. The van der Waals surface area contributed by atoms with Gasteiger partial charge in [0.05, 0.1) is 26.9 Å². The third kappa shape index (κ3) is 4.69. The van der Waals surface area contributed by atoms with Gasteiger partial charge in [-0.05, 0) is 35.2 Å². The number of likely N-dealkylation sites (tertiary alicyclic amines) is 1. The van der Waals surface area contributed by atoms with Crippen LogP contribution in [0.1, 0.15) is 35.4 Å². The lowest BCUT2D eigenvalue weighted by Crippen LogP contribution is -2.43. The molecular formula is C26H30N2O5. The van der Waals surface area contributed by atoms with Crippen LogP contribution in [0.25, 0.3) is 0 Å². The predicted molar refractivity (Wildman–Crippen MR) is 122 cm³/mol. The summed E-state index contributed by atoms with van der Waals surface area (Å²) >= 11 is 0.